The molecule has 0 bridgehead atoms. The fourth-order valence-electron chi connectivity index (χ4n) is 3.40. The van der Waals surface area contributed by atoms with Crippen molar-refractivity contribution in [3.8, 4) is 5.88 Å². The van der Waals surface area contributed by atoms with Crippen LogP contribution in [0, 0.1) is 0 Å². The van der Waals surface area contributed by atoms with Gasteiger partial charge in [0.25, 0.3) is 11.1 Å². The molecule has 1 aliphatic carbocycles. The number of aromatic nitrogens is 4. The minimum atomic E-state index is -0.401. The summed E-state index contributed by atoms with van der Waals surface area (Å²) in [5, 5.41) is 25.5. The van der Waals surface area contributed by atoms with E-state index in [1.807, 2.05) is 0 Å². The van der Waals surface area contributed by atoms with E-state index >= 15 is 0 Å². The minimum absolute atomic E-state index is 0.0773. The van der Waals surface area contributed by atoms with Crippen LogP contribution < -0.4 is 16.0 Å². The average Bonchev–Trinajstić information content (AvgIpc) is 3.05. The predicted octanol–water partition coefficient (Wildman–Crippen LogP) is 1.81. The maximum Gasteiger partial charge on any atom is 0.290 e. The fraction of sp³-hybridized carbons (Fsp3) is 0.368. The van der Waals surface area contributed by atoms with E-state index in [0.717, 1.165) is 43.1 Å². The molecular weight excluding hydrogens is 406 g/mol. The zero-order valence-corrected chi connectivity index (χ0v) is 16.9. The number of nitrogens with zero attached hydrogens (tertiary/aromatic N) is 4. The fourth-order valence-corrected chi connectivity index (χ4v) is 4.07. The molecule has 4 rings (SSSR count). The molecule has 11 heteroatoms. The number of carbonyl (C=O) groups is 2. The first-order valence-corrected chi connectivity index (χ1v) is 10.5. The Morgan fingerprint density at radius 2 is 1.93 bits per heavy atom. The van der Waals surface area contributed by atoms with Crippen molar-refractivity contribution in [2.24, 2.45) is 0 Å². The number of hydrogen-bond acceptors (Lipinski definition) is 10. The van der Waals surface area contributed by atoms with Crippen molar-refractivity contribution in [2.75, 3.05) is 5.32 Å². The Labute approximate surface area is 177 Å². The first-order chi connectivity index (χ1) is 14.5. The summed E-state index contributed by atoms with van der Waals surface area (Å²) in [4.78, 5) is 32.0. The van der Waals surface area contributed by atoms with Crippen LogP contribution in [0.3, 0.4) is 0 Å². The van der Waals surface area contributed by atoms with Crippen molar-refractivity contribution in [3.63, 3.8) is 0 Å². The molecular formula is C19H21N7O3S. The van der Waals surface area contributed by atoms with Gasteiger partial charge in [-0.25, -0.2) is 9.97 Å². The maximum absolute atomic E-state index is 11.7. The van der Waals surface area contributed by atoms with Crippen molar-refractivity contribution in [2.45, 2.75) is 44.3 Å². The monoisotopic (exact) mass is 427 g/mol. The first kappa shape index (κ1) is 20.2. The number of imide groups is 1. The van der Waals surface area contributed by atoms with Crippen molar-refractivity contribution in [1.29, 1.82) is 0 Å². The van der Waals surface area contributed by atoms with E-state index in [4.69, 9.17) is 0 Å². The lowest BCUT2D eigenvalue weighted by molar-refractivity contribution is -0.115. The number of rotatable bonds is 6. The first-order valence-electron chi connectivity index (χ1n) is 9.64. The lowest BCUT2D eigenvalue weighted by Gasteiger charge is -2.29. The van der Waals surface area contributed by atoms with Gasteiger partial charge in [0.05, 0.1) is 16.3 Å². The molecule has 2 aromatic rings. The van der Waals surface area contributed by atoms with Gasteiger partial charge in [-0.15, -0.1) is 5.10 Å². The molecule has 2 fully saturated rings. The third kappa shape index (κ3) is 5.30. The van der Waals surface area contributed by atoms with Crippen molar-refractivity contribution >= 4 is 34.9 Å². The second-order valence-electron chi connectivity index (χ2n) is 7.11. The van der Waals surface area contributed by atoms with Crippen LogP contribution >= 0.6 is 11.8 Å². The molecule has 30 heavy (non-hydrogen) atoms. The van der Waals surface area contributed by atoms with Gasteiger partial charge in [-0.05, 0) is 55.7 Å². The summed E-state index contributed by atoms with van der Waals surface area (Å²) in [6, 6.07) is 5.65. The van der Waals surface area contributed by atoms with Crippen LogP contribution in [0.25, 0.3) is 6.08 Å². The van der Waals surface area contributed by atoms with E-state index in [-0.39, 0.29) is 17.2 Å². The second kappa shape index (κ2) is 9.18. The lowest BCUT2D eigenvalue weighted by Crippen LogP contribution is -2.37. The summed E-state index contributed by atoms with van der Waals surface area (Å²) in [6.07, 6.45) is 7.18. The molecule has 0 radical (unpaired) electrons. The highest BCUT2D eigenvalue weighted by molar-refractivity contribution is 8.18. The van der Waals surface area contributed by atoms with Gasteiger partial charge in [-0.1, -0.05) is 0 Å². The van der Waals surface area contributed by atoms with E-state index in [1.165, 1.54) is 6.07 Å². The molecule has 2 aromatic heterocycles. The Morgan fingerprint density at radius 1 is 1.13 bits per heavy atom. The number of carbonyl (C=O) groups excluding carboxylic acids is 2. The summed E-state index contributed by atoms with van der Waals surface area (Å²) in [6.45, 7) is 0.615. The normalized spacial score (nSPS) is 22.9. The van der Waals surface area contributed by atoms with Crippen LogP contribution in [-0.2, 0) is 11.3 Å². The molecule has 10 nitrogen and oxygen atoms in total. The Balaban J connectivity index is 1.27. The summed E-state index contributed by atoms with van der Waals surface area (Å²) in [5.74, 6) is 0.0312. The Bertz CT molecular complexity index is 959. The number of amides is 2. The predicted molar refractivity (Wildman–Crippen MR) is 111 cm³/mol. The van der Waals surface area contributed by atoms with Crippen LogP contribution in [0.4, 0.5) is 10.7 Å². The number of aromatic hydroxyl groups is 1. The van der Waals surface area contributed by atoms with E-state index in [1.54, 1.807) is 24.4 Å². The molecule has 1 saturated heterocycles. The van der Waals surface area contributed by atoms with E-state index < -0.39 is 5.91 Å². The maximum atomic E-state index is 11.7. The molecule has 156 valence electrons. The molecule has 4 N–H and O–H groups in total. The highest BCUT2D eigenvalue weighted by Crippen LogP contribution is 2.25. The topological polar surface area (TPSA) is 142 Å². The molecule has 1 saturated carbocycles. The quantitative estimate of drug-likeness (QED) is 0.504. The van der Waals surface area contributed by atoms with Crippen molar-refractivity contribution < 1.29 is 14.7 Å². The SMILES string of the molecule is O=C1NC(=O)/C(=C/c2ccnc(N[C@H]3CC[C@H](NCc4ccc(O)nn4)CC3)n2)S1. The van der Waals surface area contributed by atoms with Gasteiger partial charge < -0.3 is 15.7 Å². The average molecular weight is 427 g/mol. The Hall–Kier alpha value is -3.05. The van der Waals surface area contributed by atoms with Crippen LogP contribution in [0.1, 0.15) is 37.1 Å². The lowest BCUT2D eigenvalue weighted by atomic mass is 9.91. The number of nitrogens with one attached hydrogen (secondary N) is 3. The largest absolute Gasteiger partial charge is 0.492 e. The standard InChI is InChI=1S/C19H21N7O3S/c27-16-6-5-14(25-26-16)10-21-11-1-3-12(4-2-11)22-18-20-8-7-13(23-18)9-15-17(28)24-19(29)30-15/h5-9,11-12,21H,1-4,10H2,(H,26,27)(H,20,22,23)(H,24,28,29)/b15-9-/t11-,12-. The molecule has 0 aromatic carbocycles. The summed E-state index contributed by atoms with van der Waals surface area (Å²) < 4.78 is 0. The van der Waals surface area contributed by atoms with Gasteiger partial charge in [0.1, 0.15) is 0 Å². The van der Waals surface area contributed by atoms with E-state index in [9.17, 15) is 14.7 Å². The smallest absolute Gasteiger partial charge is 0.290 e. The van der Waals surface area contributed by atoms with Gasteiger partial charge in [-0.2, -0.15) is 5.10 Å². The second-order valence-corrected chi connectivity index (χ2v) is 8.13. The number of hydrogen-bond donors (Lipinski definition) is 4. The van der Waals surface area contributed by atoms with Gasteiger partial charge in [-0.3, -0.25) is 14.9 Å². The zero-order chi connectivity index (χ0) is 20.9. The van der Waals surface area contributed by atoms with Crippen LogP contribution in [-0.4, -0.2) is 48.5 Å². The number of anilines is 1. The molecule has 1 aliphatic heterocycles. The van der Waals surface area contributed by atoms with Crippen molar-refractivity contribution in [1.82, 2.24) is 30.8 Å². The van der Waals surface area contributed by atoms with E-state index in [0.29, 0.717) is 29.1 Å². The Morgan fingerprint density at radius 3 is 2.63 bits per heavy atom. The summed E-state index contributed by atoms with van der Waals surface area (Å²) >= 11 is 0.867. The van der Waals surface area contributed by atoms with Gasteiger partial charge in [0.2, 0.25) is 11.8 Å². The van der Waals surface area contributed by atoms with Gasteiger partial charge in [0.15, 0.2) is 0 Å². The third-order valence-corrected chi connectivity index (χ3v) is 5.75. The van der Waals surface area contributed by atoms with Gasteiger partial charge >= 0.3 is 0 Å². The van der Waals surface area contributed by atoms with Crippen molar-refractivity contribution in [3.05, 3.63) is 40.7 Å². The third-order valence-electron chi connectivity index (χ3n) is 4.94. The molecule has 3 heterocycles. The summed E-state index contributed by atoms with van der Waals surface area (Å²) in [5.41, 5.74) is 1.37. The highest BCUT2D eigenvalue weighted by atomic mass is 32.2. The van der Waals surface area contributed by atoms with Crippen LogP contribution in [0.2, 0.25) is 0 Å². The van der Waals surface area contributed by atoms with E-state index in [2.05, 4.69) is 36.1 Å². The highest BCUT2D eigenvalue weighted by Gasteiger charge is 2.25. The minimum Gasteiger partial charge on any atom is -0.492 e. The van der Waals surface area contributed by atoms with Gasteiger partial charge in [0, 0.05) is 30.9 Å². The molecule has 2 aliphatic rings. The Kier molecular flexibility index (Phi) is 6.19. The molecule has 2 amide bonds. The van der Waals surface area contributed by atoms with Crippen LogP contribution in [0.15, 0.2) is 29.3 Å². The summed E-state index contributed by atoms with van der Waals surface area (Å²) in [7, 11) is 0. The molecule has 0 unspecified atom stereocenters. The zero-order valence-electron chi connectivity index (χ0n) is 16.0. The van der Waals surface area contributed by atoms with Crippen LogP contribution in [0.5, 0.6) is 5.88 Å². The number of thioether (sulfide) groups is 1. The molecule has 0 atom stereocenters. The molecule has 0 spiro atoms.